The fourth-order valence-electron chi connectivity index (χ4n) is 3.83. The monoisotopic (exact) mass is 481 g/mol. The number of imidazole rings is 1. The molecule has 0 bridgehead atoms. The van der Waals surface area contributed by atoms with Crippen LogP contribution in [0.15, 0.2) is 89.7 Å². The van der Waals surface area contributed by atoms with Crippen molar-refractivity contribution in [1.29, 1.82) is 0 Å². The number of benzene rings is 3. The van der Waals surface area contributed by atoms with E-state index in [0.717, 1.165) is 5.56 Å². The summed E-state index contributed by atoms with van der Waals surface area (Å²) in [4.78, 5) is 45.7. The van der Waals surface area contributed by atoms with Crippen LogP contribution >= 0.6 is 0 Å². The van der Waals surface area contributed by atoms with Gasteiger partial charge in [-0.2, -0.15) is 0 Å². The average molecular weight is 482 g/mol. The van der Waals surface area contributed by atoms with E-state index in [9.17, 15) is 14.4 Å². The molecular formula is C27H23N5O4. The Bertz CT molecular complexity index is 1590. The van der Waals surface area contributed by atoms with Gasteiger partial charge in [0.15, 0.2) is 6.10 Å². The molecule has 1 amide bonds. The van der Waals surface area contributed by atoms with Gasteiger partial charge in [-0.25, -0.2) is 14.5 Å². The number of nitrogens with zero attached hydrogens (tertiary/aromatic N) is 2. The molecule has 0 spiro atoms. The van der Waals surface area contributed by atoms with Crippen molar-refractivity contribution < 1.29 is 14.3 Å². The van der Waals surface area contributed by atoms with E-state index in [-0.39, 0.29) is 17.8 Å². The summed E-state index contributed by atoms with van der Waals surface area (Å²) >= 11 is 0. The lowest BCUT2D eigenvalue weighted by Gasteiger charge is -2.15. The highest BCUT2D eigenvalue weighted by Gasteiger charge is 2.23. The molecule has 180 valence electrons. The first-order valence-electron chi connectivity index (χ1n) is 11.5. The molecule has 1 unspecified atom stereocenters. The SMILES string of the molecule is CCC(OC(=O)c1ccc2nc(-c3ccccc3)[nH]c2c1)C(=O)Nc1cc(=O)n(-c2ccccc2)[nH]1. The van der Waals surface area contributed by atoms with Crippen LogP contribution in [-0.4, -0.2) is 37.7 Å². The van der Waals surface area contributed by atoms with Gasteiger partial charge in [0.1, 0.15) is 11.6 Å². The molecule has 5 aromatic rings. The predicted octanol–water partition coefficient (Wildman–Crippen LogP) is 4.28. The van der Waals surface area contributed by atoms with Crippen LogP contribution in [0.2, 0.25) is 0 Å². The van der Waals surface area contributed by atoms with Crippen LogP contribution in [-0.2, 0) is 9.53 Å². The number of H-pyrrole nitrogens is 2. The Kier molecular flexibility index (Phi) is 6.19. The van der Waals surface area contributed by atoms with Crippen LogP contribution in [0.25, 0.3) is 28.1 Å². The van der Waals surface area contributed by atoms with Crippen LogP contribution in [0, 0.1) is 0 Å². The Labute approximate surface area is 205 Å². The summed E-state index contributed by atoms with van der Waals surface area (Å²) in [6.07, 6.45) is -0.788. The number of para-hydroxylation sites is 1. The lowest BCUT2D eigenvalue weighted by Crippen LogP contribution is -2.32. The van der Waals surface area contributed by atoms with Crippen molar-refractivity contribution in [2.45, 2.75) is 19.4 Å². The Morgan fingerprint density at radius 2 is 1.72 bits per heavy atom. The second-order valence-corrected chi connectivity index (χ2v) is 8.15. The predicted molar refractivity (Wildman–Crippen MR) is 136 cm³/mol. The first kappa shape index (κ1) is 22.9. The third-order valence-electron chi connectivity index (χ3n) is 5.67. The van der Waals surface area contributed by atoms with Gasteiger partial charge in [-0.15, -0.1) is 0 Å². The van der Waals surface area contributed by atoms with Crippen LogP contribution in [0.1, 0.15) is 23.7 Å². The van der Waals surface area contributed by atoms with Crippen LogP contribution in [0.3, 0.4) is 0 Å². The van der Waals surface area contributed by atoms with E-state index in [1.54, 1.807) is 49.4 Å². The van der Waals surface area contributed by atoms with Gasteiger partial charge in [0.25, 0.3) is 11.5 Å². The number of aromatic nitrogens is 4. The van der Waals surface area contributed by atoms with Crippen molar-refractivity contribution in [1.82, 2.24) is 19.7 Å². The molecule has 0 saturated carbocycles. The molecule has 2 aromatic heterocycles. The number of ether oxygens (including phenoxy) is 1. The smallest absolute Gasteiger partial charge is 0.338 e. The number of hydrogen-bond acceptors (Lipinski definition) is 5. The molecule has 36 heavy (non-hydrogen) atoms. The van der Waals surface area contributed by atoms with Gasteiger partial charge in [0.2, 0.25) is 0 Å². The van der Waals surface area contributed by atoms with Gasteiger partial charge < -0.3 is 15.0 Å². The lowest BCUT2D eigenvalue weighted by molar-refractivity contribution is -0.124. The Hall–Kier alpha value is -4.92. The molecule has 0 fully saturated rings. The Morgan fingerprint density at radius 3 is 2.44 bits per heavy atom. The third-order valence-corrected chi connectivity index (χ3v) is 5.67. The number of carbonyl (C=O) groups excluding carboxylic acids is 2. The van der Waals surface area contributed by atoms with Gasteiger partial charge in [-0.3, -0.25) is 14.7 Å². The van der Waals surface area contributed by atoms with Gasteiger partial charge in [0, 0.05) is 11.6 Å². The minimum absolute atomic E-state index is 0.204. The summed E-state index contributed by atoms with van der Waals surface area (Å²) < 4.78 is 6.81. The molecule has 0 radical (unpaired) electrons. The van der Waals surface area contributed by atoms with Crippen molar-refractivity contribution in [3.05, 3.63) is 101 Å². The van der Waals surface area contributed by atoms with Gasteiger partial charge in [0.05, 0.1) is 22.3 Å². The molecule has 3 aromatic carbocycles. The second kappa shape index (κ2) is 9.75. The van der Waals surface area contributed by atoms with Crippen molar-refractivity contribution >= 4 is 28.7 Å². The van der Waals surface area contributed by atoms with Crippen molar-refractivity contribution in [2.24, 2.45) is 0 Å². The zero-order valence-electron chi connectivity index (χ0n) is 19.4. The quantitative estimate of drug-likeness (QED) is 0.300. The number of aromatic amines is 2. The summed E-state index contributed by atoms with van der Waals surface area (Å²) in [5, 5.41) is 5.47. The summed E-state index contributed by atoms with van der Waals surface area (Å²) in [6.45, 7) is 1.74. The normalized spacial score (nSPS) is 11.8. The summed E-state index contributed by atoms with van der Waals surface area (Å²) in [5.41, 5.74) is 2.92. The topological polar surface area (TPSA) is 122 Å². The zero-order valence-corrected chi connectivity index (χ0v) is 19.4. The number of amides is 1. The molecule has 5 rings (SSSR count). The number of esters is 1. The lowest BCUT2D eigenvalue weighted by atomic mass is 10.2. The van der Waals surface area contributed by atoms with Gasteiger partial charge in [-0.05, 0) is 36.8 Å². The largest absolute Gasteiger partial charge is 0.449 e. The zero-order chi connectivity index (χ0) is 25.1. The molecule has 2 heterocycles. The number of hydrogen-bond donors (Lipinski definition) is 3. The van der Waals surface area contributed by atoms with Gasteiger partial charge >= 0.3 is 5.97 Å². The van der Waals surface area contributed by atoms with Crippen molar-refractivity contribution in [2.75, 3.05) is 5.32 Å². The fraction of sp³-hybridized carbons (Fsp3) is 0.111. The van der Waals surface area contributed by atoms with Crippen LogP contribution in [0.4, 0.5) is 5.82 Å². The minimum Gasteiger partial charge on any atom is -0.449 e. The van der Waals surface area contributed by atoms with Gasteiger partial charge in [-0.1, -0.05) is 55.5 Å². The van der Waals surface area contributed by atoms with E-state index in [1.807, 2.05) is 36.4 Å². The van der Waals surface area contributed by atoms with E-state index in [0.29, 0.717) is 28.1 Å². The summed E-state index contributed by atoms with van der Waals surface area (Å²) in [6, 6.07) is 24.9. The second-order valence-electron chi connectivity index (χ2n) is 8.15. The van der Waals surface area contributed by atoms with Crippen LogP contribution < -0.4 is 10.9 Å². The molecule has 0 aliphatic rings. The maximum atomic E-state index is 12.8. The maximum absolute atomic E-state index is 12.8. The molecular weight excluding hydrogens is 458 g/mol. The summed E-state index contributed by atoms with van der Waals surface area (Å²) in [7, 11) is 0. The minimum atomic E-state index is -1.04. The van der Waals surface area contributed by atoms with E-state index in [2.05, 4.69) is 20.4 Å². The number of carbonyl (C=O) groups is 2. The fourth-order valence-corrected chi connectivity index (χ4v) is 3.83. The number of anilines is 1. The molecule has 0 aliphatic heterocycles. The highest BCUT2D eigenvalue weighted by atomic mass is 16.5. The highest BCUT2D eigenvalue weighted by molar-refractivity contribution is 5.98. The maximum Gasteiger partial charge on any atom is 0.338 e. The van der Waals surface area contributed by atoms with E-state index in [1.165, 1.54) is 10.7 Å². The third kappa shape index (κ3) is 4.67. The molecule has 9 heteroatoms. The Balaban J connectivity index is 1.29. The first-order valence-corrected chi connectivity index (χ1v) is 11.5. The van der Waals surface area contributed by atoms with Crippen LogP contribution in [0.5, 0.6) is 0 Å². The Morgan fingerprint density at radius 1 is 1.00 bits per heavy atom. The molecule has 0 saturated heterocycles. The van der Waals surface area contributed by atoms with E-state index >= 15 is 0 Å². The number of nitrogens with one attached hydrogen (secondary N) is 3. The average Bonchev–Trinajstić information content (AvgIpc) is 3.50. The summed E-state index contributed by atoms with van der Waals surface area (Å²) in [5.74, 6) is -0.277. The molecule has 0 aliphatic carbocycles. The van der Waals surface area contributed by atoms with E-state index in [4.69, 9.17) is 4.74 Å². The molecule has 9 nitrogen and oxygen atoms in total. The molecule has 1 atom stereocenters. The van der Waals surface area contributed by atoms with E-state index < -0.39 is 18.0 Å². The molecule has 3 N–H and O–H groups in total. The standard InChI is InChI=1S/C27H23N5O4/c1-2-22(26(34)30-23-16-24(33)32(31-23)19-11-7-4-8-12-19)36-27(35)18-13-14-20-21(15-18)29-25(28-20)17-9-5-3-6-10-17/h3-16,22,31H,2H2,1H3,(H,28,29)(H,30,34). The highest BCUT2D eigenvalue weighted by Crippen LogP contribution is 2.22. The first-order chi connectivity index (χ1) is 17.5. The van der Waals surface area contributed by atoms with Crippen molar-refractivity contribution in [3.8, 4) is 17.1 Å². The number of fused-ring (bicyclic) bond motifs is 1. The number of rotatable bonds is 7. The van der Waals surface area contributed by atoms with Crippen molar-refractivity contribution in [3.63, 3.8) is 0 Å².